The summed E-state index contributed by atoms with van der Waals surface area (Å²) in [5.74, 6) is -0.722. The quantitative estimate of drug-likeness (QED) is 0.336. The second-order valence-electron chi connectivity index (χ2n) is 10.8. The number of hydrogen-bond donors (Lipinski definition) is 1. The standard InChI is InChI=1S/C32H41N3O4S/c1-8-30(32(37)33-22(2)3)34(20-27-11-9-10-24(5)17-27)31(36)21-35(28-18-25(6)16-26(7)19-28)40(38,39)29-14-12-23(4)13-15-29/h9-19,22,30H,8,20-21H2,1-7H3,(H,33,37)/t30-/m0/s1. The number of rotatable bonds is 11. The molecule has 2 amide bonds. The van der Waals surface area contributed by atoms with Gasteiger partial charge in [0.2, 0.25) is 11.8 Å². The number of carbonyl (C=O) groups excluding carboxylic acids is 2. The summed E-state index contributed by atoms with van der Waals surface area (Å²) in [4.78, 5) is 29.0. The Morgan fingerprint density at radius 3 is 2.00 bits per heavy atom. The number of hydrogen-bond acceptors (Lipinski definition) is 4. The minimum atomic E-state index is -4.10. The highest BCUT2D eigenvalue weighted by molar-refractivity contribution is 7.92. The van der Waals surface area contributed by atoms with Gasteiger partial charge in [0.1, 0.15) is 12.6 Å². The van der Waals surface area contributed by atoms with Gasteiger partial charge in [-0.05, 0) is 88.9 Å². The average Bonchev–Trinajstić information content (AvgIpc) is 2.86. The van der Waals surface area contributed by atoms with Crippen molar-refractivity contribution in [2.45, 2.75) is 78.4 Å². The Labute approximate surface area is 239 Å². The van der Waals surface area contributed by atoms with Crippen LogP contribution in [0.25, 0.3) is 0 Å². The van der Waals surface area contributed by atoms with E-state index in [1.807, 2.05) is 78.8 Å². The van der Waals surface area contributed by atoms with Crippen molar-refractivity contribution < 1.29 is 18.0 Å². The number of nitrogens with one attached hydrogen (secondary N) is 1. The Bertz CT molecular complexity index is 1430. The maximum absolute atomic E-state index is 14.1. The monoisotopic (exact) mass is 563 g/mol. The fourth-order valence-corrected chi connectivity index (χ4v) is 6.17. The van der Waals surface area contributed by atoms with Gasteiger partial charge in [0.25, 0.3) is 10.0 Å². The molecule has 0 saturated carbocycles. The molecular weight excluding hydrogens is 522 g/mol. The van der Waals surface area contributed by atoms with Gasteiger partial charge in [-0.1, -0.05) is 60.5 Å². The van der Waals surface area contributed by atoms with Crippen molar-refractivity contribution >= 4 is 27.5 Å². The number of nitrogens with zero attached hydrogens (tertiary/aromatic N) is 2. The van der Waals surface area contributed by atoms with Gasteiger partial charge in [-0.3, -0.25) is 13.9 Å². The molecule has 0 aromatic heterocycles. The fourth-order valence-electron chi connectivity index (χ4n) is 4.77. The van der Waals surface area contributed by atoms with E-state index >= 15 is 0 Å². The van der Waals surface area contributed by atoms with E-state index in [0.29, 0.717) is 12.1 Å². The molecule has 0 saturated heterocycles. The molecule has 8 heteroatoms. The molecule has 0 heterocycles. The lowest BCUT2D eigenvalue weighted by Crippen LogP contribution is -2.53. The molecule has 3 aromatic carbocycles. The molecule has 0 radical (unpaired) electrons. The number of sulfonamides is 1. The summed E-state index contributed by atoms with van der Waals surface area (Å²) in [6, 6.07) is 19.0. The number of amides is 2. The predicted octanol–water partition coefficient (Wildman–Crippen LogP) is 5.45. The summed E-state index contributed by atoms with van der Waals surface area (Å²) in [6.07, 6.45) is 0.379. The summed E-state index contributed by atoms with van der Waals surface area (Å²) < 4.78 is 29.2. The Balaban J connectivity index is 2.10. The van der Waals surface area contributed by atoms with Crippen LogP contribution in [0.4, 0.5) is 5.69 Å². The van der Waals surface area contributed by atoms with Crippen LogP contribution in [0, 0.1) is 27.7 Å². The Kier molecular flexibility index (Phi) is 10.1. The zero-order valence-electron chi connectivity index (χ0n) is 24.6. The molecule has 0 aliphatic rings. The van der Waals surface area contributed by atoms with Crippen molar-refractivity contribution in [3.63, 3.8) is 0 Å². The van der Waals surface area contributed by atoms with Crippen LogP contribution < -0.4 is 9.62 Å². The Hall–Kier alpha value is -3.65. The molecule has 40 heavy (non-hydrogen) atoms. The van der Waals surface area contributed by atoms with Gasteiger partial charge >= 0.3 is 0 Å². The topological polar surface area (TPSA) is 86.8 Å². The maximum Gasteiger partial charge on any atom is 0.264 e. The molecule has 7 nitrogen and oxygen atoms in total. The molecule has 0 bridgehead atoms. The second kappa shape index (κ2) is 13.1. The van der Waals surface area contributed by atoms with E-state index in [9.17, 15) is 18.0 Å². The smallest absolute Gasteiger partial charge is 0.264 e. The molecule has 0 aliphatic carbocycles. The van der Waals surface area contributed by atoms with E-state index in [0.717, 1.165) is 32.1 Å². The highest BCUT2D eigenvalue weighted by Crippen LogP contribution is 2.27. The van der Waals surface area contributed by atoms with Crippen molar-refractivity contribution in [2.75, 3.05) is 10.8 Å². The predicted molar refractivity (Wildman–Crippen MR) is 161 cm³/mol. The van der Waals surface area contributed by atoms with Crippen LogP contribution in [-0.2, 0) is 26.2 Å². The highest BCUT2D eigenvalue weighted by Gasteiger charge is 2.34. The van der Waals surface area contributed by atoms with Crippen LogP contribution in [0.3, 0.4) is 0 Å². The lowest BCUT2D eigenvalue weighted by atomic mass is 10.1. The lowest BCUT2D eigenvalue weighted by Gasteiger charge is -2.33. The number of benzene rings is 3. The normalized spacial score (nSPS) is 12.2. The largest absolute Gasteiger partial charge is 0.352 e. The molecule has 0 aliphatic heterocycles. The summed E-state index contributed by atoms with van der Waals surface area (Å²) in [6.45, 7) is 13.0. The SMILES string of the molecule is CC[C@@H](C(=O)NC(C)C)N(Cc1cccc(C)c1)C(=O)CN(c1cc(C)cc(C)c1)S(=O)(=O)c1ccc(C)cc1. The first-order valence-electron chi connectivity index (χ1n) is 13.6. The molecule has 3 rings (SSSR count). The number of aryl methyl sites for hydroxylation is 4. The van der Waals surface area contributed by atoms with Crippen molar-refractivity contribution in [1.82, 2.24) is 10.2 Å². The van der Waals surface area contributed by atoms with Crippen LogP contribution in [0.2, 0.25) is 0 Å². The van der Waals surface area contributed by atoms with Gasteiger partial charge in [0.05, 0.1) is 10.6 Å². The zero-order valence-corrected chi connectivity index (χ0v) is 25.4. The van der Waals surface area contributed by atoms with Crippen molar-refractivity contribution in [1.29, 1.82) is 0 Å². The lowest BCUT2D eigenvalue weighted by molar-refractivity contribution is -0.140. The minimum absolute atomic E-state index is 0.0971. The van der Waals surface area contributed by atoms with Crippen molar-refractivity contribution in [3.8, 4) is 0 Å². The molecular formula is C32H41N3O4S. The van der Waals surface area contributed by atoms with E-state index in [2.05, 4.69) is 5.32 Å². The average molecular weight is 564 g/mol. The maximum atomic E-state index is 14.1. The third kappa shape index (κ3) is 7.72. The summed E-state index contributed by atoms with van der Waals surface area (Å²) >= 11 is 0. The van der Waals surface area contributed by atoms with Crippen molar-refractivity contribution in [2.24, 2.45) is 0 Å². The van der Waals surface area contributed by atoms with Gasteiger partial charge in [0.15, 0.2) is 0 Å². The summed E-state index contributed by atoms with van der Waals surface area (Å²) in [5.41, 5.74) is 4.99. The Morgan fingerprint density at radius 1 is 0.825 bits per heavy atom. The van der Waals surface area contributed by atoms with Gasteiger partial charge in [-0.15, -0.1) is 0 Å². The van der Waals surface area contributed by atoms with Crippen molar-refractivity contribution in [3.05, 3.63) is 94.5 Å². The van der Waals surface area contributed by atoms with Crippen LogP contribution in [0.5, 0.6) is 0 Å². The molecule has 3 aromatic rings. The molecule has 1 N–H and O–H groups in total. The first-order chi connectivity index (χ1) is 18.8. The van der Waals surface area contributed by atoms with E-state index in [1.54, 1.807) is 36.4 Å². The van der Waals surface area contributed by atoms with E-state index in [-0.39, 0.29) is 23.4 Å². The third-order valence-electron chi connectivity index (χ3n) is 6.63. The minimum Gasteiger partial charge on any atom is -0.352 e. The van der Waals surface area contributed by atoms with E-state index < -0.39 is 28.5 Å². The fraction of sp³-hybridized carbons (Fsp3) is 0.375. The van der Waals surface area contributed by atoms with Crippen LogP contribution in [0.1, 0.15) is 55.0 Å². The van der Waals surface area contributed by atoms with Crippen LogP contribution in [0.15, 0.2) is 71.6 Å². The van der Waals surface area contributed by atoms with Gasteiger partial charge in [-0.25, -0.2) is 8.42 Å². The molecule has 0 spiro atoms. The highest BCUT2D eigenvalue weighted by atomic mass is 32.2. The number of carbonyl (C=O) groups is 2. The van der Waals surface area contributed by atoms with Crippen LogP contribution >= 0.6 is 0 Å². The van der Waals surface area contributed by atoms with Gasteiger partial charge < -0.3 is 10.2 Å². The molecule has 0 unspecified atom stereocenters. The van der Waals surface area contributed by atoms with Gasteiger partial charge in [-0.2, -0.15) is 0 Å². The van der Waals surface area contributed by atoms with Crippen LogP contribution in [-0.4, -0.2) is 43.8 Å². The summed E-state index contributed by atoms with van der Waals surface area (Å²) in [5, 5.41) is 2.92. The summed E-state index contributed by atoms with van der Waals surface area (Å²) in [7, 11) is -4.10. The molecule has 1 atom stereocenters. The van der Waals surface area contributed by atoms with E-state index in [4.69, 9.17) is 0 Å². The molecule has 0 fully saturated rings. The van der Waals surface area contributed by atoms with E-state index in [1.165, 1.54) is 4.90 Å². The zero-order chi connectivity index (χ0) is 29.6. The second-order valence-corrected chi connectivity index (χ2v) is 12.6. The first-order valence-corrected chi connectivity index (χ1v) is 15.1. The molecule has 214 valence electrons. The Morgan fingerprint density at radius 2 is 1.45 bits per heavy atom. The first kappa shape index (κ1) is 30.9. The number of anilines is 1. The van der Waals surface area contributed by atoms with Gasteiger partial charge in [0, 0.05) is 12.6 Å². The third-order valence-corrected chi connectivity index (χ3v) is 8.42.